The summed E-state index contributed by atoms with van der Waals surface area (Å²) in [6, 6.07) is 9.46. The number of nitrogens with zero attached hydrogens (tertiary/aromatic N) is 1. The number of hydrogen-bond donors (Lipinski definition) is 2. The third-order valence-corrected chi connectivity index (χ3v) is 4.85. The van der Waals surface area contributed by atoms with Crippen LogP contribution in [0.25, 0.3) is 0 Å². The minimum atomic E-state index is -0.174. The third kappa shape index (κ3) is 3.72. The second-order valence-electron chi connectivity index (χ2n) is 5.06. The minimum Gasteiger partial charge on any atom is -0.334 e. The van der Waals surface area contributed by atoms with Crippen molar-refractivity contribution >= 4 is 29.4 Å². The van der Waals surface area contributed by atoms with E-state index in [1.165, 1.54) is 4.90 Å². The number of rotatable bonds is 3. The first kappa shape index (κ1) is 15.2. The summed E-state index contributed by atoms with van der Waals surface area (Å²) in [6.45, 7) is 0.462. The molecule has 2 heterocycles. The van der Waals surface area contributed by atoms with Gasteiger partial charge in [-0.05, 0) is 41.8 Å². The summed E-state index contributed by atoms with van der Waals surface area (Å²) >= 11 is 7.88. The molecule has 0 unspecified atom stereocenters. The summed E-state index contributed by atoms with van der Waals surface area (Å²) in [5.41, 5.74) is 2.07. The van der Waals surface area contributed by atoms with E-state index in [0.29, 0.717) is 11.6 Å². The van der Waals surface area contributed by atoms with E-state index in [1.807, 2.05) is 30.3 Å². The molecule has 22 heavy (non-hydrogen) atoms. The van der Waals surface area contributed by atoms with Crippen LogP contribution in [0.15, 0.2) is 47.6 Å². The molecular weight excluding hydrogens is 318 g/mol. The van der Waals surface area contributed by atoms with E-state index in [2.05, 4.69) is 15.6 Å². The highest BCUT2D eigenvalue weighted by Gasteiger charge is 2.22. The first-order valence-electron chi connectivity index (χ1n) is 7.08. The fourth-order valence-corrected chi connectivity index (χ4v) is 3.70. The molecular formula is C16H16ClN3OS. The summed E-state index contributed by atoms with van der Waals surface area (Å²) in [4.78, 5) is 17.3. The molecule has 0 spiro atoms. The first-order valence-corrected chi connectivity index (χ1v) is 8.44. The number of halogens is 1. The number of fused-ring (bicyclic) bond motifs is 1. The van der Waals surface area contributed by atoms with Gasteiger partial charge in [0.25, 0.3) is 0 Å². The number of nitrogens with one attached hydrogen (secondary N) is 2. The Hall–Kier alpha value is -1.72. The molecule has 2 aromatic rings. The molecule has 0 bridgehead atoms. The van der Waals surface area contributed by atoms with Gasteiger partial charge in [-0.25, -0.2) is 4.79 Å². The molecule has 0 saturated carbocycles. The highest BCUT2D eigenvalue weighted by molar-refractivity contribution is 7.99. The first-order chi connectivity index (χ1) is 10.7. The number of benzene rings is 1. The van der Waals surface area contributed by atoms with E-state index < -0.39 is 0 Å². The second kappa shape index (κ2) is 7.03. The Kier molecular flexibility index (Phi) is 4.85. The number of amides is 2. The van der Waals surface area contributed by atoms with Crippen molar-refractivity contribution in [3.8, 4) is 0 Å². The van der Waals surface area contributed by atoms with Gasteiger partial charge in [0, 0.05) is 34.6 Å². The van der Waals surface area contributed by atoms with Crippen LogP contribution in [-0.4, -0.2) is 16.8 Å². The zero-order chi connectivity index (χ0) is 15.4. The van der Waals surface area contributed by atoms with Crippen LogP contribution in [-0.2, 0) is 6.54 Å². The average Bonchev–Trinajstić information content (AvgIpc) is 2.54. The molecule has 0 radical (unpaired) electrons. The van der Waals surface area contributed by atoms with Gasteiger partial charge in [-0.15, -0.1) is 11.8 Å². The van der Waals surface area contributed by atoms with Crippen LogP contribution < -0.4 is 10.6 Å². The van der Waals surface area contributed by atoms with Crippen LogP contribution in [0.1, 0.15) is 23.6 Å². The maximum Gasteiger partial charge on any atom is 0.315 e. The third-order valence-electron chi connectivity index (χ3n) is 3.49. The van der Waals surface area contributed by atoms with Crippen molar-refractivity contribution in [1.29, 1.82) is 0 Å². The maximum absolute atomic E-state index is 12.1. The van der Waals surface area contributed by atoms with E-state index in [9.17, 15) is 4.79 Å². The number of urea groups is 1. The fraction of sp³-hybridized carbons (Fsp3) is 0.250. The molecule has 1 aliphatic rings. The summed E-state index contributed by atoms with van der Waals surface area (Å²) in [6.07, 6.45) is 4.36. The molecule has 2 amide bonds. The molecule has 2 N–H and O–H groups in total. The molecule has 6 heteroatoms. The van der Waals surface area contributed by atoms with E-state index in [-0.39, 0.29) is 12.1 Å². The smallest absolute Gasteiger partial charge is 0.315 e. The second-order valence-corrected chi connectivity index (χ2v) is 6.63. The minimum absolute atomic E-state index is 0.00356. The van der Waals surface area contributed by atoms with Crippen molar-refractivity contribution in [2.24, 2.45) is 0 Å². The van der Waals surface area contributed by atoms with E-state index >= 15 is 0 Å². The number of aromatic nitrogens is 1. The number of thioether (sulfide) groups is 1. The molecule has 1 aromatic heterocycles. The molecule has 114 valence electrons. The van der Waals surface area contributed by atoms with Crippen molar-refractivity contribution in [3.63, 3.8) is 0 Å². The number of carbonyl (C=O) groups excluding carboxylic acids is 1. The van der Waals surface area contributed by atoms with Crippen LogP contribution in [0.3, 0.4) is 0 Å². The summed E-state index contributed by atoms with van der Waals surface area (Å²) in [5, 5.41) is 6.59. The molecule has 1 aliphatic heterocycles. The van der Waals surface area contributed by atoms with Crippen molar-refractivity contribution in [1.82, 2.24) is 15.6 Å². The Balaban J connectivity index is 1.62. The van der Waals surface area contributed by atoms with Gasteiger partial charge in [0.2, 0.25) is 0 Å². The lowest BCUT2D eigenvalue weighted by molar-refractivity contribution is 0.236. The molecule has 1 aromatic carbocycles. The average molecular weight is 334 g/mol. The van der Waals surface area contributed by atoms with Crippen LogP contribution in [0.4, 0.5) is 4.79 Å². The van der Waals surface area contributed by atoms with Crippen molar-refractivity contribution in [3.05, 3.63) is 58.9 Å². The topological polar surface area (TPSA) is 54.0 Å². The van der Waals surface area contributed by atoms with Gasteiger partial charge in [0.05, 0.1) is 6.04 Å². The molecule has 1 atom stereocenters. The van der Waals surface area contributed by atoms with Crippen molar-refractivity contribution in [2.45, 2.75) is 23.9 Å². The molecule has 0 aliphatic carbocycles. The molecule has 0 saturated heterocycles. The normalized spacial score (nSPS) is 16.7. The largest absolute Gasteiger partial charge is 0.334 e. The Morgan fingerprint density at radius 3 is 3.14 bits per heavy atom. The van der Waals surface area contributed by atoms with Gasteiger partial charge >= 0.3 is 6.03 Å². The van der Waals surface area contributed by atoms with Gasteiger partial charge in [-0.2, -0.15) is 0 Å². The lowest BCUT2D eigenvalue weighted by atomic mass is 10.0. The van der Waals surface area contributed by atoms with E-state index in [4.69, 9.17) is 11.6 Å². The fourth-order valence-electron chi connectivity index (χ4n) is 2.41. The Morgan fingerprint density at radius 2 is 2.32 bits per heavy atom. The Bertz CT molecular complexity index is 666. The SMILES string of the molecule is O=C(NCc1cccnc1)N[C@H]1CCSc2ccc(Cl)cc21. The molecule has 0 fully saturated rings. The number of hydrogen-bond acceptors (Lipinski definition) is 3. The van der Waals surface area contributed by atoms with Gasteiger partial charge in [0.1, 0.15) is 0 Å². The summed E-state index contributed by atoms with van der Waals surface area (Å²) < 4.78 is 0. The highest BCUT2D eigenvalue weighted by atomic mass is 35.5. The Labute approximate surface area is 138 Å². The zero-order valence-corrected chi connectivity index (χ0v) is 13.5. The van der Waals surface area contributed by atoms with E-state index in [0.717, 1.165) is 23.3 Å². The predicted octanol–water partition coefficient (Wildman–Crippen LogP) is 3.77. The standard InChI is InChI=1S/C16H16ClN3OS/c17-12-3-4-15-13(8-12)14(5-7-22-15)20-16(21)19-10-11-2-1-6-18-9-11/h1-4,6,8-9,14H,5,7,10H2,(H2,19,20,21)/t14-/m0/s1. The van der Waals surface area contributed by atoms with Crippen LogP contribution >= 0.6 is 23.4 Å². The van der Waals surface area contributed by atoms with Crippen LogP contribution in [0, 0.1) is 0 Å². The van der Waals surface area contributed by atoms with Gasteiger partial charge < -0.3 is 10.6 Å². The van der Waals surface area contributed by atoms with Crippen LogP contribution in [0.2, 0.25) is 5.02 Å². The van der Waals surface area contributed by atoms with Gasteiger partial charge in [-0.1, -0.05) is 17.7 Å². The summed E-state index contributed by atoms with van der Waals surface area (Å²) in [7, 11) is 0. The number of pyridine rings is 1. The maximum atomic E-state index is 12.1. The summed E-state index contributed by atoms with van der Waals surface area (Å²) in [5.74, 6) is 0.988. The zero-order valence-electron chi connectivity index (χ0n) is 11.9. The predicted molar refractivity (Wildman–Crippen MR) is 89.1 cm³/mol. The Morgan fingerprint density at radius 1 is 1.41 bits per heavy atom. The van der Waals surface area contributed by atoms with Crippen LogP contribution in [0.5, 0.6) is 0 Å². The quantitative estimate of drug-likeness (QED) is 0.899. The lowest BCUT2D eigenvalue weighted by Gasteiger charge is -2.26. The van der Waals surface area contributed by atoms with Gasteiger partial charge in [0.15, 0.2) is 0 Å². The lowest BCUT2D eigenvalue weighted by Crippen LogP contribution is -2.38. The molecule has 4 nitrogen and oxygen atoms in total. The van der Waals surface area contributed by atoms with Crippen molar-refractivity contribution < 1.29 is 4.79 Å². The van der Waals surface area contributed by atoms with E-state index in [1.54, 1.807) is 24.2 Å². The monoisotopic (exact) mass is 333 g/mol. The van der Waals surface area contributed by atoms with Crippen molar-refractivity contribution in [2.75, 3.05) is 5.75 Å². The molecule has 3 rings (SSSR count). The highest BCUT2D eigenvalue weighted by Crippen LogP contribution is 2.37. The number of carbonyl (C=O) groups is 1. The van der Waals surface area contributed by atoms with Gasteiger partial charge in [-0.3, -0.25) is 4.98 Å².